The van der Waals surface area contributed by atoms with Crippen LogP contribution in [0.1, 0.15) is 35.6 Å². The Balaban J connectivity index is 1.81. The minimum atomic E-state index is -0.512. The summed E-state index contributed by atoms with van der Waals surface area (Å²) < 4.78 is 4.62. The van der Waals surface area contributed by atoms with Crippen LogP contribution in [0.15, 0.2) is 6.07 Å². The van der Waals surface area contributed by atoms with Crippen molar-refractivity contribution in [3.63, 3.8) is 0 Å². The molecule has 2 rings (SSSR count). The van der Waals surface area contributed by atoms with Crippen molar-refractivity contribution in [3.8, 4) is 0 Å². The topological polar surface area (TPSA) is 76.1 Å². The van der Waals surface area contributed by atoms with Crippen molar-refractivity contribution in [1.82, 2.24) is 15.3 Å². The van der Waals surface area contributed by atoms with Gasteiger partial charge in [0.2, 0.25) is 5.82 Å². The lowest BCUT2D eigenvalue weighted by molar-refractivity contribution is 0.0586. The largest absolute Gasteiger partial charge is 0.463 e. The molecule has 0 unspecified atom stereocenters. The van der Waals surface area contributed by atoms with Crippen LogP contribution in [0.4, 0.5) is 5.82 Å². The molecule has 1 aliphatic rings. The molecule has 1 aliphatic carbocycles. The zero-order valence-electron chi connectivity index (χ0n) is 11.4. The van der Waals surface area contributed by atoms with Gasteiger partial charge < -0.3 is 15.4 Å². The zero-order chi connectivity index (χ0) is 13.7. The summed E-state index contributed by atoms with van der Waals surface area (Å²) in [4.78, 5) is 19.6. The molecular formula is C13H20N4O2. The summed E-state index contributed by atoms with van der Waals surface area (Å²) in [6, 6.07) is 2.56. The first-order valence-electron chi connectivity index (χ1n) is 6.60. The second-order valence-electron chi connectivity index (χ2n) is 4.72. The van der Waals surface area contributed by atoms with Gasteiger partial charge in [-0.1, -0.05) is 0 Å². The van der Waals surface area contributed by atoms with Crippen molar-refractivity contribution < 1.29 is 9.53 Å². The van der Waals surface area contributed by atoms with Crippen LogP contribution in [0.2, 0.25) is 0 Å². The Hall–Kier alpha value is -1.69. The SMILES string of the molecule is COC(=O)c1nc(C)cc(NCCCNC2CC2)n1. The minimum absolute atomic E-state index is 0.0982. The molecule has 1 heterocycles. The fourth-order valence-corrected chi connectivity index (χ4v) is 1.74. The van der Waals surface area contributed by atoms with E-state index in [1.807, 2.05) is 13.0 Å². The number of aromatic nitrogens is 2. The van der Waals surface area contributed by atoms with Crippen LogP contribution in [0.25, 0.3) is 0 Å². The molecule has 1 fully saturated rings. The molecule has 6 heteroatoms. The molecule has 1 aromatic rings. The van der Waals surface area contributed by atoms with Crippen LogP contribution < -0.4 is 10.6 Å². The van der Waals surface area contributed by atoms with Crippen LogP contribution >= 0.6 is 0 Å². The van der Waals surface area contributed by atoms with Gasteiger partial charge >= 0.3 is 5.97 Å². The summed E-state index contributed by atoms with van der Waals surface area (Å²) in [5.74, 6) is 0.252. The van der Waals surface area contributed by atoms with Crippen molar-refractivity contribution in [2.75, 3.05) is 25.5 Å². The van der Waals surface area contributed by atoms with Crippen molar-refractivity contribution in [2.45, 2.75) is 32.2 Å². The third-order valence-corrected chi connectivity index (χ3v) is 2.89. The smallest absolute Gasteiger partial charge is 0.376 e. The number of carbonyl (C=O) groups is 1. The molecular weight excluding hydrogens is 244 g/mol. The molecule has 2 N–H and O–H groups in total. The Morgan fingerprint density at radius 3 is 2.89 bits per heavy atom. The Labute approximate surface area is 113 Å². The molecule has 0 radical (unpaired) electrons. The van der Waals surface area contributed by atoms with Gasteiger partial charge in [0, 0.05) is 24.3 Å². The molecule has 1 aromatic heterocycles. The van der Waals surface area contributed by atoms with Crippen LogP contribution in [0.3, 0.4) is 0 Å². The molecule has 19 heavy (non-hydrogen) atoms. The Kier molecular flexibility index (Phi) is 4.68. The fourth-order valence-electron chi connectivity index (χ4n) is 1.74. The highest BCUT2D eigenvalue weighted by atomic mass is 16.5. The number of rotatable bonds is 7. The standard InChI is InChI=1S/C13H20N4O2/c1-9-8-11(17-12(16-9)13(18)19-2)15-7-3-6-14-10-4-5-10/h8,10,14H,3-7H2,1-2H3,(H,15,16,17). The highest BCUT2D eigenvalue weighted by Crippen LogP contribution is 2.18. The highest BCUT2D eigenvalue weighted by Gasteiger charge is 2.19. The van der Waals surface area contributed by atoms with Crippen molar-refractivity contribution in [1.29, 1.82) is 0 Å². The molecule has 0 atom stereocenters. The van der Waals surface area contributed by atoms with Crippen molar-refractivity contribution in [3.05, 3.63) is 17.6 Å². The Bertz CT molecular complexity index is 446. The number of hydrogen-bond donors (Lipinski definition) is 2. The number of hydrogen-bond acceptors (Lipinski definition) is 6. The van der Waals surface area contributed by atoms with Crippen LogP contribution in [0, 0.1) is 6.92 Å². The predicted octanol–water partition coefficient (Wildman–Crippen LogP) is 1.13. The second kappa shape index (κ2) is 6.47. The molecule has 0 aromatic carbocycles. The van der Waals surface area contributed by atoms with Gasteiger partial charge in [0.15, 0.2) is 0 Å². The molecule has 0 amide bonds. The van der Waals surface area contributed by atoms with Gasteiger partial charge in [-0.15, -0.1) is 0 Å². The van der Waals surface area contributed by atoms with Gasteiger partial charge in [-0.25, -0.2) is 14.8 Å². The maximum absolute atomic E-state index is 11.4. The first-order valence-corrected chi connectivity index (χ1v) is 6.60. The molecule has 104 valence electrons. The maximum atomic E-state index is 11.4. The number of aryl methyl sites for hydroxylation is 1. The highest BCUT2D eigenvalue weighted by molar-refractivity contribution is 5.85. The number of nitrogens with zero attached hydrogens (tertiary/aromatic N) is 2. The zero-order valence-corrected chi connectivity index (χ0v) is 11.4. The number of ether oxygens (including phenoxy) is 1. The lowest BCUT2D eigenvalue weighted by atomic mass is 10.3. The Morgan fingerprint density at radius 1 is 1.42 bits per heavy atom. The maximum Gasteiger partial charge on any atom is 0.376 e. The molecule has 0 saturated heterocycles. The molecule has 6 nitrogen and oxygen atoms in total. The normalized spacial score (nSPS) is 14.2. The summed E-state index contributed by atoms with van der Waals surface area (Å²) in [5.41, 5.74) is 0.744. The number of esters is 1. The van der Waals surface area contributed by atoms with Gasteiger partial charge in [0.1, 0.15) is 5.82 Å². The quantitative estimate of drug-likeness (QED) is 0.568. The van der Waals surface area contributed by atoms with Gasteiger partial charge in [-0.2, -0.15) is 0 Å². The molecule has 0 spiro atoms. The van der Waals surface area contributed by atoms with Gasteiger partial charge in [-0.3, -0.25) is 0 Å². The summed E-state index contributed by atoms with van der Waals surface area (Å²) in [6.07, 6.45) is 3.63. The van der Waals surface area contributed by atoms with E-state index in [1.54, 1.807) is 0 Å². The van der Waals surface area contributed by atoms with Crippen molar-refractivity contribution in [2.24, 2.45) is 0 Å². The minimum Gasteiger partial charge on any atom is -0.463 e. The van der Waals surface area contributed by atoms with Crippen molar-refractivity contribution >= 4 is 11.8 Å². The summed E-state index contributed by atoms with van der Waals surface area (Å²) in [7, 11) is 1.32. The Morgan fingerprint density at radius 2 is 2.21 bits per heavy atom. The third kappa shape index (κ3) is 4.48. The van der Waals surface area contributed by atoms with Crippen LogP contribution in [-0.2, 0) is 4.74 Å². The van der Waals surface area contributed by atoms with E-state index in [9.17, 15) is 4.79 Å². The molecule has 0 aliphatic heterocycles. The van der Waals surface area contributed by atoms with E-state index in [2.05, 4.69) is 25.3 Å². The lowest BCUT2D eigenvalue weighted by Gasteiger charge is -2.08. The van der Waals surface area contributed by atoms with E-state index in [4.69, 9.17) is 0 Å². The molecule has 1 saturated carbocycles. The van der Waals surface area contributed by atoms with E-state index in [0.717, 1.165) is 31.2 Å². The number of carbonyl (C=O) groups excluding carboxylic acids is 1. The number of nitrogens with one attached hydrogen (secondary N) is 2. The van der Waals surface area contributed by atoms with E-state index in [-0.39, 0.29) is 5.82 Å². The average molecular weight is 264 g/mol. The van der Waals surface area contributed by atoms with Gasteiger partial charge in [0.25, 0.3) is 0 Å². The monoisotopic (exact) mass is 264 g/mol. The first kappa shape index (κ1) is 13.7. The number of methoxy groups -OCH3 is 1. The lowest BCUT2D eigenvalue weighted by Crippen LogP contribution is -2.20. The fraction of sp³-hybridized carbons (Fsp3) is 0.615. The van der Waals surface area contributed by atoms with E-state index >= 15 is 0 Å². The van der Waals surface area contributed by atoms with E-state index < -0.39 is 5.97 Å². The summed E-state index contributed by atoms with van der Waals surface area (Å²) in [5, 5.41) is 6.65. The molecule has 0 bridgehead atoms. The average Bonchev–Trinajstić information content (AvgIpc) is 3.21. The van der Waals surface area contributed by atoms with E-state index in [1.165, 1.54) is 20.0 Å². The second-order valence-corrected chi connectivity index (χ2v) is 4.72. The van der Waals surface area contributed by atoms with Gasteiger partial charge in [0.05, 0.1) is 7.11 Å². The van der Waals surface area contributed by atoms with Crippen LogP contribution in [0.5, 0.6) is 0 Å². The van der Waals surface area contributed by atoms with Crippen LogP contribution in [-0.4, -0.2) is 42.2 Å². The third-order valence-electron chi connectivity index (χ3n) is 2.89. The summed E-state index contributed by atoms with van der Waals surface area (Å²) in [6.45, 7) is 3.65. The summed E-state index contributed by atoms with van der Waals surface area (Å²) >= 11 is 0. The first-order chi connectivity index (χ1) is 9.19. The van der Waals surface area contributed by atoms with E-state index in [0.29, 0.717) is 5.82 Å². The predicted molar refractivity (Wildman–Crippen MR) is 72.2 cm³/mol. The number of anilines is 1. The van der Waals surface area contributed by atoms with Gasteiger partial charge in [-0.05, 0) is 32.7 Å².